The van der Waals surface area contributed by atoms with Crippen molar-refractivity contribution in [1.29, 1.82) is 5.41 Å². The fourth-order valence-corrected chi connectivity index (χ4v) is 14.2. The van der Waals surface area contributed by atoms with Crippen LogP contribution in [0.5, 0.6) is 5.75 Å². The Labute approximate surface area is 720 Å². The summed E-state index contributed by atoms with van der Waals surface area (Å²) in [6, 6.07) is 2.98. The van der Waals surface area contributed by atoms with E-state index < -0.39 is 193 Å². The second-order valence-corrected chi connectivity index (χ2v) is 31.5. The number of aliphatic carboxylic acids is 1. The van der Waals surface area contributed by atoms with E-state index in [1.165, 1.54) is 59.9 Å². The maximum atomic E-state index is 15.5. The van der Waals surface area contributed by atoms with Gasteiger partial charge in [0.25, 0.3) is 0 Å². The number of aromatic hydroxyl groups is 1. The Morgan fingerprint density at radius 1 is 0.568 bits per heavy atom. The summed E-state index contributed by atoms with van der Waals surface area (Å²) in [7, 11) is 0. The van der Waals surface area contributed by atoms with E-state index in [0.717, 1.165) is 0 Å². The van der Waals surface area contributed by atoms with Crippen molar-refractivity contribution in [3.05, 3.63) is 126 Å². The van der Waals surface area contributed by atoms with Gasteiger partial charge in [0.1, 0.15) is 72.2 Å². The molecule has 43 heteroatoms. The van der Waals surface area contributed by atoms with Crippen LogP contribution in [-0.4, -0.2) is 232 Å². The van der Waals surface area contributed by atoms with Gasteiger partial charge in [0.15, 0.2) is 5.96 Å². The van der Waals surface area contributed by atoms with Crippen molar-refractivity contribution in [1.82, 2.24) is 104 Å². The number of carboxylic acids is 1. The van der Waals surface area contributed by atoms with Crippen LogP contribution in [-0.2, 0) is 117 Å². The fourth-order valence-electron chi connectivity index (χ4n) is 14.2. The molecule has 6 aromatic rings. The highest BCUT2D eigenvalue weighted by Crippen LogP contribution is 2.22. The Morgan fingerprint density at radius 3 is 1.73 bits per heavy atom. The van der Waals surface area contributed by atoms with E-state index in [1.807, 2.05) is 0 Å². The van der Waals surface area contributed by atoms with Crippen molar-refractivity contribution in [2.45, 2.75) is 241 Å². The fraction of sp³-hybridized carbons (Fsp3) is 0.512. The molecule has 0 unspecified atom stereocenters. The number of hydrogen-bond acceptors (Lipinski definition) is 23. The van der Waals surface area contributed by atoms with Crippen LogP contribution in [0.25, 0.3) is 10.9 Å². The van der Waals surface area contributed by atoms with Gasteiger partial charge in [-0.05, 0) is 131 Å². The minimum atomic E-state index is -1.89. The van der Waals surface area contributed by atoms with Crippen LogP contribution in [0.3, 0.4) is 0 Å². The molecule has 8 rings (SSSR count). The average molecular weight is 1740 g/mol. The summed E-state index contributed by atoms with van der Waals surface area (Å²) in [6.07, 6.45) is 3.50. The molecule has 4 bridgehead atoms. The summed E-state index contributed by atoms with van der Waals surface area (Å²) >= 11 is 0. The Hall–Kier alpha value is -13.5. The highest BCUT2D eigenvalue weighted by Gasteiger charge is 2.39. The smallest absolute Gasteiger partial charge is 0.305 e. The topological polar surface area (TPSA) is 684 Å². The molecule has 12 atom stereocenters. The minimum Gasteiger partial charge on any atom is -0.508 e. The molecule has 0 radical (unpaired) electrons. The van der Waals surface area contributed by atoms with E-state index >= 15 is 33.6 Å². The van der Waals surface area contributed by atoms with Crippen LogP contribution in [0.15, 0.2) is 97.5 Å². The number of phenolic OH excluding ortho intramolecular Hbond substituents is 1. The van der Waals surface area contributed by atoms with Crippen LogP contribution < -0.4 is 97.8 Å². The number of unbranched alkanes of at least 4 members (excludes halogenated alkanes) is 2. The molecule has 0 spiro atoms. The third-order valence-electron chi connectivity index (χ3n) is 21.1. The number of phenols is 1. The first-order valence-electron chi connectivity index (χ1n) is 41.9. The van der Waals surface area contributed by atoms with Gasteiger partial charge in [-0.2, -0.15) is 0 Å². The molecule has 2 aliphatic rings. The van der Waals surface area contributed by atoms with E-state index in [4.69, 9.17) is 34.1 Å². The van der Waals surface area contributed by atoms with Crippen LogP contribution >= 0.6 is 0 Å². The number of nitrogens with one attached hydrogen (secondary N) is 15. The molecule has 5 heterocycles. The SMILES string of the molecule is CC(C)[C@@H]1NC(=O)[C@H](Cc2ccccc2)NC(=O)[C@@H](NC(=O)[C@@H]2CCCCn3cc(nn3)C[C@H](NC(=O)CCCCCNC(=O)[C@@H](N)CCCN)C(=O)N[C@@H](Cc3c[nH]c4ccccc34)C(=O)N[C@@H](CCCNC(=N)N)C(=O)N[C@@H](CCC(N)=O)C(=O)N2)Cc2cn(nn2)CCCC[C@@H](C(=O)N[C@@H](Cc2ccc(O)cc2)C(N)=O)NC(=O)[C@H](CC(=O)O)NC1=O. The van der Waals surface area contributed by atoms with Gasteiger partial charge in [0.2, 0.25) is 82.7 Å². The highest BCUT2D eigenvalue weighted by atomic mass is 16.4. The molecular formula is C82H116N26O17. The summed E-state index contributed by atoms with van der Waals surface area (Å²) in [5, 5.41) is 80.6. The molecule has 14 amide bonds. The Balaban J connectivity index is 1.13. The van der Waals surface area contributed by atoms with Crippen molar-refractivity contribution >= 4 is 106 Å². The van der Waals surface area contributed by atoms with Gasteiger partial charge < -0.3 is 113 Å². The Bertz CT molecular complexity index is 4710. The van der Waals surface area contributed by atoms with Crippen molar-refractivity contribution in [2.24, 2.45) is 34.6 Å². The zero-order chi connectivity index (χ0) is 90.7. The van der Waals surface area contributed by atoms with E-state index in [9.17, 15) is 48.6 Å². The number of nitrogens with zero attached hydrogens (tertiary/aromatic N) is 6. The molecule has 0 saturated heterocycles. The normalized spacial score (nSPS) is 21.3. The monoisotopic (exact) mass is 1740 g/mol. The molecule has 0 aliphatic carbocycles. The summed E-state index contributed by atoms with van der Waals surface area (Å²) in [6.45, 7) is 3.88. The van der Waals surface area contributed by atoms with Gasteiger partial charge in [-0.25, -0.2) is 0 Å². The van der Waals surface area contributed by atoms with E-state index in [0.29, 0.717) is 72.8 Å². The molecule has 3 aromatic carbocycles. The first-order chi connectivity index (χ1) is 59.8. The van der Waals surface area contributed by atoms with Crippen molar-refractivity contribution in [3.8, 4) is 5.75 Å². The number of aromatic amines is 1. The van der Waals surface area contributed by atoms with Crippen LogP contribution in [0, 0.1) is 11.3 Å². The number of aromatic nitrogens is 7. The van der Waals surface area contributed by atoms with Gasteiger partial charge in [0, 0.05) is 101 Å². The molecule has 43 nitrogen and oxygen atoms in total. The lowest BCUT2D eigenvalue weighted by molar-refractivity contribution is -0.142. The molecular weight excluding hydrogens is 1620 g/mol. The zero-order valence-corrected chi connectivity index (χ0v) is 69.9. The van der Waals surface area contributed by atoms with Gasteiger partial charge in [0.05, 0.1) is 23.9 Å². The van der Waals surface area contributed by atoms with Gasteiger partial charge in [-0.1, -0.05) is 91.4 Å². The minimum absolute atomic E-state index is 0.00650. The third kappa shape index (κ3) is 32.0. The number of guanidine groups is 1. The van der Waals surface area contributed by atoms with Gasteiger partial charge in [-0.3, -0.25) is 86.7 Å². The number of carbonyl (C=O) groups is 15. The van der Waals surface area contributed by atoms with Crippen molar-refractivity contribution in [2.75, 3.05) is 19.6 Å². The molecule has 2 aliphatic heterocycles. The van der Waals surface area contributed by atoms with Crippen molar-refractivity contribution in [3.63, 3.8) is 0 Å². The third-order valence-corrected chi connectivity index (χ3v) is 21.1. The summed E-state index contributed by atoms with van der Waals surface area (Å²) in [5.41, 5.74) is 31.2. The lowest BCUT2D eigenvalue weighted by Gasteiger charge is -2.29. The Kier molecular flexibility index (Phi) is 38.0. The molecule has 27 N–H and O–H groups in total. The molecule has 125 heavy (non-hydrogen) atoms. The second-order valence-electron chi connectivity index (χ2n) is 31.5. The quantitative estimate of drug-likeness (QED) is 0.0109. The summed E-state index contributed by atoms with van der Waals surface area (Å²) in [4.78, 5) is 217. The molecule has 0 fully saturated rings. The number of amides is 14. The average Bonchev–Trinajstić information content (AvgIpc) is 1.68. The molecule has 0 saturated carbocycles. The first-order valence-corrected chi connectivity index (χ1v) is 41.9. The maximum Gasteiger partial charge on any atom is 0.305 e. The number of primary amides is 2. The number of benzene rings is 3. The maximum absolute atomic E-state index is 15.5. The van der Waals surface area contributed by atoms with Gasteiger partial charge >= 0.3 is 5.97 Å². The number of rotatable bonds is 32. The lowest BCUT2D eigenvalue weighted by Crippen LogP contribution is -2.62. The number of fused-ring (bicyclic) bond motifs is 5. The Morgan fingerprint density at radius 2 is 1.12 bits per heavy atom. The number of para-hydroxylation sites is 1. The number of aryl methyl sites for hydroxylation is 2. The summed E-state index contributed by atoms with van der Waals surface area (Å²) in [5.74, 6) is -15.5. The van der Waals surface area contributed by atoms with Crippen LogP contribution in [0.4, 0.5) is 0 Å². The second kappa shape index (κ2) is 49.0. The summed E-state index contributed by atoms with van der Waals surface area (Å²) < 4.78 is 2.82. The standard InChI is InChI=1S/C82H116N26O17/c1-46(2)69-81(125)101-65(42-68(112)113)79(123)94-56(73(117)97-60(70(86)114)37-48-26-28-52(109)29-27-48)22-10-13-36-108-45-51(104-106-108)41-64(78(122)98-61(80(124)102-69)38-47-17-5-3-6-18-47)100-74(118)57-23-11-14-35-107-44-50(103-105-107)40-63(92-67(111)25-7-4-12-33-89-71(115)54(84)20-15-32-83)77(121)99-62(39-49-43-91-55-21-9-8-19-53(49)55)76(120)95-58(24-16-34-90-82(87)88)72(116)96-59(75(119)93-57)30-31-66(85)110/h3,5-6,8-9,17-19,21,26-29,43-46,54,56-65,69,91,109H,4,7,10-16,20,22-25,30-42,83-84H2,1-2H3,(H2,85,110)(H2,86,114)(H,89,115)(H,92,111)(H,93,119)(H,94,123)(H,95,120)(H,96,116)(H,97,117)(H,98,122)(H,99,121)(H,100,118)(H,101,125)(H,102,124)(H,112,113)(H4,87,88,90)/t54-,56-,57-,58-,59-,60-,61-,62-,63-,64-,65-,69-/m0/s1. The van der Waals surface area contributed by atoms with Crippen molar-refractivity contribution < 1.29 is 82.1 Å². The van der Waals surface area contributed by atoms with E-state index in [-0.39, 0.29) is 126 Å². The van der Waals surface area contributed by atoms with Gasteiger partial charge in [-0.15, -0.1) is 10.2 Å². The van der Waals surface area contributed by atoms with E-state index in [1.54, 1.807) is 60.8 Å². The molecule has 3 aromatic heterocycles. The predicted molar refractivity (Wildman–Crippen MR) is 452 cm³/mol. The lowest BCUT2D eigenvalue weighted by atomic mass is 9.99. The number of nitrogens with two attached hydrogens (primary N) is 5. The van der Waals surface area contributed by atoms with Crippen LogP contribution in [0.2, 0.25) is 0 Å². The van der Waals surface area contributed by atoms with E-state index in [2.05, 4.69) is 94.7 Å². The number of carbonyl (C=O) groups excluding carboxylic acids is 14. The predicted octanol–water partition coefficient (Wildman–Crippen LogP) is -3.84. The first kappa shape index (κ1) is 97.0. The highest BCUT2D eigenvalue weighted by molar-refractivity contribution is 6.01. The molecule has 676 valence electrons. The van der Waals surface area contributed by atoms with Crippen LogP contribution in [0.1, 0.15) is 151 Å². The zero-order valence-electron chi connectivity index (χ0n) is 69.9. The number of hydrogen-bond donors (Lipinski definition) is 22. The number of H-pyrrole nitrogens is 1. The largest absolute Gasteiger partial charge is 0.508 e. The number of carboxylic acid groups (broad SMARTS) is 1.